The van der Waals surface area contributed by atoms with Gasteiger partial charge in [0, 0.05) is 32.1 Å². The van der Waals surface area contributed by atoms with Crippen LogP contribution in [0.4, 0.5) is 0 Å². The molecule has 27 heavy (non-hydrogen) atoms. The maximum absolute atomic E-state index is 12.9. The molecule has 0 aliphatic heterocycles. The minimum absolute atomic E-state index is 0.135. The second kappa shape index (κ2) is 6.68. The molecule has 0 fully saturated rings. The van der Waals surface area contributed by atoms with Crippen molar-refractivity contribution < 1.29 is 4.79 Å². The standard InChI is InChI=1S/C20H20N6O/c1-14-4-6-15(7-5-14)18-8-10-21-19-17(12-22-26(18)19)20(27)24(2)13-16-9-11-25(3)23-16/h4-12H,13H2,1-3H3. The van der Waals surface area contributed by atoms with E-state index in [9.17, 15) is 4.79 Å². The number of hydrogen-bond donors (Lipinski definition) is 0. The molecule has 0 aliphatic carbocycles. The number of aromatic nitrogens is 5. The minimum atomic E-state index is -0.135. The summed E-state index contributed by atoms with van der Waals surface area (Å²) in [5.41, 5.74) is 4.96. The summed E-state index contributed by atoms with van der Waals surface area (Å²) >= 11 is 0. The molecule has 0 radical (unpaired) electrons. The highest BCUT2D eigenvalue weighted by Crippen LogP contribution is 2.22. The Bertz CT molecular complexity index is 1110. The Hall–Kier alpha value is -3.48. The van der Waals surface area contributed by atoms with Crippen molar-refractivity contribution in [1.82, 2.24) is 29.3 Å². The van der Waals surface area contributed by atoms with E-state index >= 15 is 0 Å². The molecule has 3 aromatic heterocycles. The molecule has 0 unspecified atom stereocenters. The Morgan fingerprint density at radius 1 is 1.15 bits per heavy atom. The summed E-state index contributed by atoms with van der Waals surface area (Å²) < 4.78 is 3.44. The third-order valence-corrected chi connectivity index (χ3v) is 4.49. The first-order valence-electron chi connectivity index (χ1n) is 8.67. The molecule has 0 saturated carbocycles. The Kier molecular flexibility index (Phi) is 4.19. The monoisotopic (exact) mass is 360 g/mol. The quantitative estimate of drug-likeness (QED) is 0.561. The molecule has 1 amide bonds. The van der Waals surface area contributed by atoms with Gasteiger partial charge in [-0.15, -0.1) is 0 Å². The van der Waals surface area contributed by atoms with Crippen molar-refractivity contribution in [2.24, 2.45) is 7.05 Å². The maximum atomic E-state index is 12.9. The van der Waals surface area contributed by atoms with Gasteiger partial charge in [-0.1, -0.05) is 29.8 Å². The second-order valence-corrected chi connectivity index (χ2v) is 6.63. The Morgan fingerprint density at radius 3 is 2.63 bits per heavy atom. The number of fused-ring (bicyclic) bond motifs is 1. The third-order valence-electron chi connectivity index (χ3n) is 4.49. The second-order valence-electron chi connectivity index (χ2n) is 6.63. The molecular formula is C20H20N6O. The fraction of sp³-hybridized carbons (Fsp3) is 0.200. The van der Waals surface area contributed by atoms with E-state index in [-0.39, 0.29) is 5.91 Å². The summed E-state index contributed by atoms with van der Waals surface area (Å²) in [6.07, 6.45) is 5.15. The Morgan fingerprint density at radius 2 is 1.93 bits per heavy atom. The van der Waals surface area contributed by atoms with Crippen LogP contribution in [-0.4, -0.2) is 42.2 Å². The molecule has 3 heterocycles. The molecule has 4 rings (SSSR count). The van der Waals surface area contributed by atoms with E-state index in [4.69, 9.17) is 0 Å². The number of amides is 1. The van der Waals surface area contributed by atoms with E-state index < -0.39 is 0 Å². The van der Waals surface area contributed by atoms with Crippen LogP contribution in [0.2, 0.25) is 0 Å². The van der Waals surface area contributed by atoms with Crippen molar-refractivity contribution in [2.45, 2.75) is 13.5 Å². The topological polar surface area (TPSA) is 68.3 Å². The lowest BCUT2D eigenvalue weighted by Gasteiger charge is -2.15. The lowest BCUT2D eigenvalue weighted by atomic mass is 10.1. The molecule has 7 nitrogen and oxygen atoms in total. The lowest BCUT2D eigenvalue weighted by Crippen LogP contribution is -2.26. The van der Waals surface area contributed by atoms with Gasteiger partial charge in [-0.25, -0.2) is 9.50 Å². The van der Waals surface area contributed by atoms with E-state index in [1.54, 1.807) is 33.5 Å². The van der Waals surface area contributed by atoms with E-state index in [0.717, 1.165) is 17.0 Å². The van der Waals surface area contributed by atoms with Gasteiger partial charge in [0.25, 0.3) is 5.91 Å². The van der Waals surface area contributed by atoms with Gasteiger partial charge in [0.05, 0.1) is 24.1 Å². The van der Waals surface area contributed by atoms with Crippen LogP contribution in [0.15, 0.2) is 55.0 Å². The van der Waals surface area contributed by atoms with Gasteiger partial charge < -0.3 is 4.90 Å². The van der Waals surface area contributed by atoms with E-state index in [2.05, 4.69) is 27.3 Å². The third kappa shape index (κ3) is 3.19. The van der Waals surface area contributed by atoms with Crippen molar-refractivity contribution in [3.8, 4) is 11.3 Å². The lowest BCUT2D eigenvalue weighted by molar-refractivity contribution is 0.0785. The number of rotatable bonds is 4. The molecule has 0 atom stereocenters. The van der Waals surface area contributed by atoms with Gasteiger partial charge in [-0.2, -0.15) is 10.2 Å². The number of hydrogen-bond acceptors (Lipinski definition) is 4. The van der Waals surface area contributed by atoms with Crippen LogP contribution < -0.4 is 0 Å². The fourth-order valence-electron chi connectivity index (χ4n) is 3.05. The first kappa shape index (κ1) is 17.0. The zero-order valence-corrected chi connectivity index (χ0v) is 15.5. The van der Waals surface area contributed by atoms with Crippen LogP contribution in [0.3, 0.4) is 0 Å². The molecule has 4 aromatic rings. The highest BCUT2D eigenvalue weighted by molar-refractivity contribution is 5.99. The first-order valence-corrected chi connectivity index (χ1v) is 8.67. The van der Waals surface area contributed by atoms with E-state index in [1.807, 2.05) is 44.4 Å². The van der Waals surface area contributed by atoms with Crippen molar-refractivity contribution in [2.75, 3.05) is 7.05 Å². The molecular weight excluding hydrogens is 340 g/mol. The van der Waals surface area contributed by atoms with Crippen molar-refractivity contribution >= 4 is 11.6 Å². The molecule has 0 N–H and O–H groups in total. The van der Waals surface area contributed by atoms with E-state index in [0.29, 0.717) is 17.8 Å². The summed E-state index contributed by atoms with van der Waals surface area (Å²) in [5.74, 6) is -0.135. The van der Waals surface area contributed by atoms with Crippen molar-refractivity contribution in [3.05, 3.63) is 71.8 Å². The van der Waals surface area contributed by atoms with Gasteiger partial charge in [-0.3, -0.25) is 9.48 Å². The van der Waals surface area contributed by atoms with E-state index in [1.165, 1.54) is 5.56 Å². The van der Waals surface area contributed by atoms with Gasteiger partial charge in [0.2, 0.25) is 0 Å². The van der Waals surface area contributed by atoms with Crippen molar-refractivity contribution in [3.63, 3.8) is 0 Å². The molecule has 136 valence electrons. The minimum Gasteiger partial charge on any atom is -0.336 e. The predicted molar refractivity (Wildman–Crippen MR) is 102 cm³/mol. The fourth-order valence-corrected chi connectivity index (χ4v) is 3.05. The van der Waals surface area contributed by atoms with Crippen LogP contribution >= 0.6 is 0 Å². The maximum Gasteiger partial charge on any atom is 0.259 e. The Balaban J connectivity index is 1.67. The predicted octanol–water partition coefficient (Wildman–Crippen LogP) is 2.71. The summed E-state index contributed by atoms with van der Waals surface area (Å²) in [6, 6.07) is 12.0. The summed E-state index contributed by atoms with van der Waals surface area (Å²) in [4.78, 5) is 18.9. The number of aryl methyl sites for hydroxylation is 2. The number of carbonyl (C=O) groups excluding carboxylic acids is 1. The molecule has 1 aromatic carbocycles. The van der Waals surface area contributed by atoms with Crippen LogP contribution in [0.1, 0.15) is 21.6 Å². The first-order chi connectivity index (χ1) is 13.0. The SMILES string of the molecule is Cc1ccc(-c2ccnc3c(C(=O)N(C)Cc4ccn(C)n4)cnn23)cc1. The number of carbonyl (C=O) groups is 1. The van der Waals surface area contributed by atoms with Crippen LogP contribution in [0.25, 0.3) is 16.9 Å². The number of nitrogens with zero attached hydrogens (tertiary/aromatic N) is 6. The largest absolute Gasteiger partial charge is 0.336 e. The zero-order valence-electron chi connectivity index (χ0n) is 15.5. The van der Waals surface area contributed by atoms with Crippen LogP contribution in [-0.2, 0) is 13.6 Å². The molecule has 0 saturated heterocycles. The van der Waals surface area contributed by atoms with Gasteiger partial charge in [-0.05, 0) is 19.1 Å². The van der Waals surface area contributed by atoms with Gasteiger partial charge in [0.15, 0.2) is 5.65 Å². The van der Waals surface area contributed by atoms with Crippen LogP contribution in [0, 0.1) is 6.92 Å². The Labute approximate surface area is 156 Å². The highest BCUT2D eigenvalue weighted by atomic mass is 16.2. The van der Waals surface area contributed by atoms with Crippen molar-refractivity contribution in [1.29, 1.82) is 0 Å². The number of benzene rings is 1. The molecule has 0 spiro atoms. The molecule has 0 aliphatic rings. The average molecular weight is 360 g/mol. The van der Waals surface area contributed by atoms with Crippen LogP contribution in [0.5, 0.6) is 0 Å². The summed E-state index contributed by atoms with van der Waals surface area (Å²) in [5, 5.41) is 8.74. The summed E-state index contributed by atoms with van der Waals surface area (Å²) in [6.45, 7) is 2.47. The smallest absolute Gasteiger partial charge is 0.259 e. The zero-order chi connectivity index (χ0) is 19.0. The molecule has 0 bridgehead atoms. The average Bonchev–Trinajstić information content (AvgIpc) is 3.27. The molecule has 7 heteroatoms. The van der Waals surface area contributed by atoms with Gasteiger partial charge >= 0.3 is 0 Å². The summed E-state index contributed by atoms with van der Waals surface area (Å²) in [7, 11) is 3.61. The normalized spacial score (nSPS) is 11.1. The van der Waals surface area contributed by atoms with Gasteiger partial charge in [0.1, 0.15) is 5.56 Å². The highest BCUT2D eigenvalue weighted by Gasteiger charge is 2.20.